The maximum atomic E-state index is 11.2. The van der Waals surface area contributed by atoms with Gasteiger partial charge in [-0.3, -0.25) is 9.69 Å². The number of hydrogen-bond acceptors (Lipinski definition) is 4. The van der Waals surface area contributed by atoms with Crippen molar-refractivity contribution < 1.29 is 14.3 Å². The van der Waals surface area contributed by atoms with Crippen LogP contribution in [0.4, 0.5) is 0 Å². The minimum Gasteiger partial charge on any atom is -0.486 e. The Bertz CT molecular complexity index is 434. The molecule has 0 saturated heterocycles. The summed E-state index contributed by atoms with van der Waals surface area (Å²) in [5, 5.41) is 2.61. The van der Waals surface area contributed by atoms with Crippen LogP contribution in [0.2, 0.25) is 0 Å². The van der Waals surface area contributed by atoms with Gasteiger partial charge in [-0.05, 0) is 24.7 Å². The Hall–Kier alpha value is -1.75. The largest absolute Gasteiger partial charge is 0.486 e. The van der Waals surface area contributed by atoms with Gasteiger partial charge in [0.1, 0.15) is 13.2 Å². The Morgan fingerprint density at radius 1 is 1.33 bits per heavy atom. The molecule has 1 aliphatic heterocycles. The van der Waals surface area contributed by atoms with Crippen molar-refractivity contribution in [1.82, 2.24) is 10.2 Å². The SMILES string of the molecule is CNC(=O)CN(C)Cc1ccc2c(c1)OCCO2. The average molecular weight is 250 g/mol. The first kappa shape index (κ1) is 12.7. The zero-order chi connectivity index (χ0) is 13.0. The number of benzene rings is 1. The Labute approximate surface area is 107 Å². The van der Waals surface area contributed by atoms with Crippen LogP contribution in [0.1, 0.15) is 5.56 Å². The number of nitrogens with one attached hydrogen (secondary N) is 1. The standard InChI is InChI=1S/C13H18N2O3/c1-14-13(16)9-15(2)8-10-3-4-11-12(7-10)18-6-5-17-11/h3-4,7H,5-6,8-9H2,1-2H3,(H,14,16). The van der Waals surface area contributed by atoms with Gasteiger partial charge in [0.05, 0.1) is 6.54 Å². The molecule has 5 nitrogen and oxygen atoms in total. The van der Waals surface area contributed by atoms with Crippen LogP contribution in [-0.4, -0.2) is 44.7 Å². The summed E-state index contributed by atoms with van der Waals surface area (Å²) < 4.78 is 11.0. The molecule has 98 valence electrons. The highest BCUT2D eigenvalue weighted by atomic mass is 16.6. The summed E-state index contributed by atoms with van der Waals surface area (Å²) in [7, 11) is 3.55. The molecular formula is C13H18N2O3. The van der Waals surface area contributed by atoms with Crippen LogP contribution in [-0.2, 0) is 11.3 Å². The molecular weight excluding hydrogens is 232 g/mol. The first-order valence-electron chi connectivity index (χ1n) is 5.96. The summed E-state index contributed by atoms with van der Waals surface area (Å²) in [6.45, 7) is 2.27. The first-order valence-corrected chi connectivity index (χ1v) is 5.96. The number of ether oxygens (including phenoxy) is 2. The van der Waals surface area contributed by atoms with E-state index in [4.69, 9.17) is 9.47 Å². The first-order chi connectivity index (χ1) is 8.69. The number of carbonyl (C=O) groups excluding carboxylic acids is 1. The minimum absolute atomic E-state index is 0.00930. The lowest BCUT2D eigenvalue weighted by molar-refractivity contribution is -0.121. The zero-order valence-electron chi connectivity index (χ0n) is 10.7. The Balaban J connectivity index is 1.99. The lowest BCUT2D eigenvalue weighted by atomic mass is 10.2. The second-order valence-electron chi connectivity index (χ2n) is 4.32. The van der Waals surface area contributed by atoms with Gasteiger partial charge in [0.15, 0.2) is 11.5 Å². The molecule has 0 radical (unpaired) electrons. The maximum Gasteiger partial charge on any atom is 0.233 e. The number of fused-ring (bicyclic) bond motifs is 1. The maximum absolute atomic E-state index is 11.2. The average Bonchev–Trinajstić information content (AvgIpc) is 2.38. The van der Waals surface area contributed by atoms with Gasteiger partial charge in [-0.25, -0.2) is 0 Å². The smallest absolute Gasteiger partial charge is 0.233 e. The topological polar surface area (TPSA) is 50.8 Å². The van der Waals surface area contributed by atoms with Gasteiger partial charge in [-0.2, -0.15) is 0 Å². The predicted octanol–water partition coefficient (Wildman–Crippen LogP) is 0.636. The Morgan fingerprint density at radius 3 is 2.78 bits per heavy atom. The van der Waals surface area contributed by atoms with Crippen LogP contribution >= 0.6 is 0 Å². The monoisotopic (exact) mass is 250 g/mol. The van der Waals surface area contributed by atoms with Crippen LogP contribution < -0.4 is 14.8 Å². The fourth-order valence-corrected chi connectivity index (χ4v) is 1.88. The highest BCUT2D eigenvalue weighted by Gasteiger charge is 2.12. The third-order valence-corrected chi connectivity index (χ3v) is 2.75. The number of nitrogens with zero attached hydrogens (tertiary/aromatic N) is 1. The molecule has 1 aromatic rings. The lowest BCUT2D eigenvalue weighted by Gasteiger charge is -2.20. The third-order valence-electron chi connectivity index (χ3n) is 2.75. The van der Waals surface area contributed by atoms with E-state index >= 15 is 0 Å². The molecule has 0 saturated carbocycles. The molecule has 2 rings (SSSR count). The van der Waals surface area contributed by atoms with Gasteiger partial charge in [0, 0.05) is 13.6 Å². The molecule has 18 heavy (non-hydrogen) atoms. The molecule has 1 amide bonds. The van der Waals surface area contributed by atoms with E-state index < -0.39 is 0 Å². The second kappa shape index (κ2) is 5.73. The summed E-state index contributed by atoms with van der Waals surface area (Å²) in [4.78, 5) is 13.2. The van der Waals surface area contributed by atoms with Crippen molar-refractivity contribution in [3.63, 3.8) is 0 Å². The van der Waals surface area contributed by atoms with Crippen LogP contribution in [0.15, 0.2) is 18.2 Å². The fraction of sp³-hybridized carbons (Fsp3) is 0.462. The number of amides is 1. The highest BCUT2D eigenvalue weighted by Crippen LogP contribution is 2.30. The van der Waals surface area contributed by atoms with Gasteiger partial charge in [-0.15, -0.1) is 0 Å². The third kappa shape index (κ3) is 3.13. The van der Waals surface area contributed by atoms with E-state index in [1.54, 1.807) is 7.05 Å². The van der Waals surface area contributed by atoms with Crippen molar-refractivity contribution in [2.75, 3.05) is 33.9 Å². The number of hydrogen-bond donors (Lipinski definition) is 1. The molecule has 0 aliphatic carbocycles. The number of likely N-dealkylation sites (N-methyl/N-ethyl adjacent to an activating group) is 2. The Kier molecular flexibility index (Phi) is 4.04. The molecule has 5 heteroatoms. The molecule has 0 fully saturated rings. The summed E-state index contributed by atoms with van der Waals surface area (Å²) in [6, 6.07) is 5.88. The van der Waals surface area contributed by atoms with Crippen LogP contribution in [0.5, 0.6) is 11.5 Å². The van der Waals surface area contributed by atoms with Gasteiger partial charge >= 0.3 is 0 Å². The predicted molar refractivity (Wildman–Crippen MR) is 67.8 cm³/mol. The van der Waals surface area contributed by atoms with Gasteiger partial charge in [0.25, 0.3) is 0 Å². The molecule has 1 aromatic carbocycles. The van der Waals surface area contributed by atoms with E-state index in [9.17, 15) is 4.79 Å². The van der Waals surface area contributed by atoms with Crippen molar-refractivity contribution in [1.29, 1.82) is 0 Å². The highest BCUT2D eigenvalue weighted by molar-refractivity contribution is 5.77. The molecule has 0 spiro atoms. The van der Waals surface area contributed by atoms with Crippen LogP contribution in [0.3, 0.4) is 0 Å². The van der Waals surface area contributed by atoms with Crippen molar-refractivity contribution >= 4 is 5.91 Å². The molecule has 0 unspecified atom stereocenters. The molecule has 1 aliphatic rings. The second-order valence-corrected chi connectivity index (χ2v) is 4.32. The quantitative estimate of drug-likeness (QED) is 0.852. The zero-order valence-corrected chi connectivity index (χ0v) is 10.7. The van der Waals surface area contributed by atoms with Crippen LogP contribution in [0, 0.1) is 0 Å². The van der Waals surface area contributed by atoms with Gasteiger partial charge < -0.3 is 14.8 Å². The molecule has 0 atom stereocenters. The molecule has 0 aromatic heterocycles. The molecule has 1 heterocycles. The lowest BCUT2D eigenvalue weighted by Crippen LogP contribution is -2.32. The normalized spacial score (nSPS) is 13.5. The summed E-state index contributed by atoms with van der Waals surface area (Å²) >= 11 is 0. The van der Waals surface area contributed by atoms with Crippen molar-refractivity contribution in [2.24, 2.45) is 0 Å². The van der Waals surface area contributed by atoms with E-state index in [2.05, 4.69) is 5.32 Å². The summed E-state index contributed by atoms with van der Waals surface area (Å²) in [5.41, 5.74) is 1.10. The Morgan fingerprint density at radius 2 is 2.06 bits per heavy atom. The van der Waals surface area contributed by atoms with Gasteiger partial charge in [-0.1, -0.05) is 6.07 Å². The summed E-state index contributed by atoms with van der Waals surface area (Å²) in [6.07, 6.45) is 0. The van der Waals surface area contributed by atoms with E-state index in [1.807, 2.05) is 30.1 Å². The molecule has 1 N–H and O–H groups in total. The van der Waals surface area contributed by atoms with E-state index in [0.717, 1.165) is 17.1 Å². The fourth-order valence-electron chi connectivity index (χ4n) is 1.88. The van der Waals surface area contributed by atoms with Gasteiger partial charge in [0.2, 0.25) is 5.91 Å². The summed E-state index contributed by atoms with van der Waals surface area (Å²) in [5.74, 6) is 1.58. The van der Waals surface area contributed by atoms with Crippen molar-refractivity contribution in [2.45, 2.75) is 6.54 Å². The van der Waals surface area contributed by atoms with Crippen molar-refractivity contribution in [3.05, 3.63) is 23.8 Å². The number of carbonyl (C=O) groups is 1. The molecule has 0 bridgehead atoms. The van der Waals surface area contributed by atoms with E-state index in [0.29, 0.717) is 26.3 Å². The number of rotatable bonds is 4. The van der Waals surface area contributed by atoms with E-state index in [-0.39, 0.29) is 5.91 Å². The minimum atomic E-state index is 0.00930. The van der Waals surface area contributed by atoms with E-state index in [1.165, 1.54) is 0 Å². The van der Waals surface area contributed by atoms with Crippen LogP contribution in [0.25, 0.3) is 0 Å². The van der Waals surface area contributed by atoms with Crippen molar-refractivity contribution in [3.8, 4) is 11.5 Å².